The van der Waals surface area contributed by atoms with E-state index in [1.54, 1.807) is 41.0 Å². The van der Waals surface area contributed by atoms with E-state index in [0.29, 0.717) is 34.5 Å². The van der Waals surface area contributed by atoms with Crippen LogP contribution in [0, 0.1) is 0 Å². The molecule has 1 amide bonds. The summed E-state index contributed by atoms with van der Waals surface area (Å²) in [4.78, 5) is 12.5. The highest BCUT2D eigenvalue weighted by Gasteiger charge is 2.37. The van der Waals surface area contributed by atoms with Crippen molar-refractivity contribution in [2.24, 2.45) is 0 Å². The lowest BCUT2D eigenvalue weighted by Crippen LogP contribution is -2.17. The summed E-state index contributed by atoms with van der Waals surface area (Å²) < 4.78 is 91.3. The first kappa shape index (κ1) is 28.4. The number of anilines is 1. The first-order valence-electron chi connectivity index (χ1n) is 10.9. The minimum absolute atomic E-state index is 0.00739. The van der Waals surface area contributed by atoms with Crippen LogP contribution in [0.25, 0.3) is 0 Å². The SMILES string of the molecule is O=C(CSc1nnc(COc2ccc(Cl)cc2)n1Cc1ccco1)Nc1cc(C(F)(F)F)cc(C(F)(F)F)c1. The second-order valence-corrected chi connectivity index (χ2v) is 9.32. The molecule has 0 saturated carbocycles. The van der Waals surface area contributed by atoms with Gasteiger partial charge in [-0.25, -0.2) is 0 Å². The lowest BCUT2D eigenvalue weighted by atomic mass is 10.1. The Labute approximate surface area is 226 Å². The van der Waals surface area contributed by atoms with E-state index in [4.69, 9.17) is 20.8 Å². The van der Waals surface area contributed by atoms with Crippen molar-refractivity contribution in [2.75, 3.05) is 11.1 Å². The molecule has 0 saturated heterocycles. The van der Waals surface area contributed by atoms with Crippen LogP contribution in [-0.2, 0) is 30.3 Å². The van der Waals surface area contributed by atoms with Crippen molar-refractivity contribution < 1.29 is 40.3 Å². The summed E-state index contributed by atoms with van der Waals surface area (Å²) in [6.07, 6.45) is -8.61. The predicted octanol–water partition coefficient (Wildman–Crippen LogP) is 6.92. The third-order valence-corrected chi connectivity index (χ3v) is 6.29. The van der Waals surface area contributed by atoms with Gasteiger partial charge in [-0.2, -0.15) is 26.3 Å². The minimum atomic E-state index is -5.04. The number of hydrogen-bond donors (Lipinski definition) is 1. The molecule has 4 aromatic rings. The molecule has 0 radical (unpaired) electrons. The molecular formula is C24H17ClF6N4O3S. The number of alkyl halides is 6. The Morgan fingerprint density at radius 2 is 1.67 bits per heavy atom. The van der Waals surface area contributed by atoms with Gasteiger partial charge in [-0.1, -0.05) is 23.4 Å². The van der Waals surface area contributed by atoms with Gasteiger partial charge in [-0.15, -0.1) is 10.2 Å². The van der Waals surface area contributed by atoms with Crippen molar-refractivity contribution >= 4 is 35.0 Å². The van der Waals surface area contributed by atoms with Crippen LogP contribution in [0.3, 0.4) is 0 Å². The van der Waals surface area contributed by atoms with Crippen LogP contribution in [0.15, 0.2) is 70.4 Å². The molecule has 0 aliphatic heterocycles. The highest BCUT2D eigenvalue weighted by Crippen LogP contribution is 2.37. The molecule has 0 aliphatic rings. The number of thioether (sulfide) groups is 1. The molecule has 0 bridgehead atoms. The normalized spacial score (nSPS) is 12.0. The molecule has 4 rings (SSSR count). The minimum Gasteiger partial charge on any atom is -0.486 e. The first-order valence-corrected chi connectivity index (χ1v) is 12.3. The van der Waals surface area contributed by atoms with Crippen molar-refractivity contribution in [1.82, 2.24) is 14.8 Å². The van der Waals surface area contributed by atoms with Gasteiger partial charge >= 0.3 is 12.4 Å². The van der Waals surface area contributed by atoms with Gasteiger partial charge in [0.1, 0.15) is 18.1 Å². The van der Waals surface area contributed by atoms with Gasteiger partial charge in [0.05, 0.1) is 29.7 Å². The summed E-state index contributed by atoms with van der Waals surface area (Å²) in [7, 11) is 0. The third kappa shape index (κ3) is 7.69. The third-order valence-electron chi connectivity index (χ3n) is 5.07. The maximum Gasteiger partial charge on any atom is 0.416 e. The van der Waals surface area contributed by atoms with Gasteiger partial charge in [-0.05, 0) is 54.6 Å². The fourth-order valence-corrected chi connectivity index (χ4v) is 4.17. The Bertz CT molecular complexity index is 1390. The lowest BCUT2D eigenvalue weighted by Gasteiger charge is -2.15. The lowest BCUT2D eigenvalue weighted by molar-refractivity contribution is -0.143. The number of aromatic nitrogens is 3. The van der Waals surface area contributed by atoms with Gasteiger partial charge in [0, 0.05) is 10.7 Å². The van der Waals surface area contributed by atoms with Crippen molar-refractivity contribution in [3.05, 3.63) is 88.6 Å². The topological polar surface area (TPSA) is 82.2 Å². The number of hydrogen-bond acceptors (Lipinski definition) is 6. The Morgan fingerprint density at radius 3 is 2.26 bits per heavy atom. The van der Waals surface area contributed by atoms with Crippen LogP contribution < -0.4 is 10.1 Å². The second-order valence-electron chi connectivity index (χ2n) is 7.94. The Balaban J connectivity index is 1.48. The van der Waals surface area contributed by atoms with E-state index < -0.39 is 35.1 Å². The highest BCUT2D eigenvalue weighted by molar-refractivity contribution is 7.99. The number of ether oxygens (including phenoxy) is 1. The van der Waals surface area contributed by atoms with Crippen molar-refractivity contribution in [3.8, 4) is 5.75 Å². The summed E-state index contributed by atoms with van der Waals surface area (Å²) in [5.74, 6) is 0.194. The van der Waals surface area contributed by atoms with Gasteiger partial charge in [0.25, 0.3) is 0 Å². The summed E-state index contributed by atoms with van der Waals surface area (Å²) in [5, 5.41) is 11.0. The zero-order valence-electron chi connectivity index (χ0n) is 19.5. The monoisotopic (exact) mass is 590 g/mol. The summed E-state index contributed by atoms with van der Waals surface area (Å²) >= 11 is 6.75. The molecule has 0 spiro atoms. The summed E-state index contributed by atoms with van der Waals surface area (Å²) in [6.45, 7) is 0.165. The smallest absolute Gasteiger partial charge is 0.416 e. The van der Waals surface area contributed by atoms with E-state index >= 15 is 0 Å². The van der Waals surface area contributed by atoms with Crippen LogP contribution >= 0.6 is 23.4 Å². The van der Waals surface area contributed by atoms with Crippen molar-refractivity contribution in [3.63, 3.8) is 0 Å². The van der Waals surface area contributed by atoms with Crippen LogP contribution in [0.2, 0.25) is 5.02 Å². The first-order chi connectivity index (χ1) is 18.4. The average molecular weight is 591 g/mol. The van der Waals surface area contributed by atoms with Crippen LogP contribution in [0.1, 0.15) is 22.7 Å². The van der Waals surface area contributed by atoms with Crippen LogP contribution in [0.4, 0.5) is 32.0 Å². The number of halogens is 7. The fourth-order valence-electron chi connectivity index (χ4n) is 3.28. The highest BCUT2D eigenvalue weighted by atomic mass is 35.5. The molecule has 0 fully saturated rings. The summed E-state index contributed by atoms with van der Waals surface area (Å²) in [6, 6.07) is 10.8. The molecule has 39 heavy (non-hydrogen) atoms. The summed E-state index contributed by atoms with van der Waals surface area (Å²) in [5.41, 5.74) is -3.72. The number of rotatable bonds is 9. The number of furan rings is 1. The zero-order chi connectivity index (χ0) is 28.2. The average Bonchev–Trinajstić information content (AvgIpc) is 3.51. The molecule has 15 heteroatoms. The number of benzene rings is 2. The van der Waals surface area contributed by atoms with Crippen LogP contribution in [0.5, 0.6) is 5.75 Å². The van der Waals surface area contributed by atoms with Crippen LogP contribution in [-0.4, -0.2) is 26.4 Å². The van der Waals surface area contributed by atoms with E-state index in [-0.39, 0.29) is 30.1 Å². The second kappa shape index (κ2) is 11.6. The van der Waals surface area contributed by atoms with Gasteiger partial charge in [-0.3, -0.25) is 9.36 Å². The number of carbonyl (C=O) groups excluding carboxylic acids is 1. The maximum atomic E-state index is 13.1. The molecule has 2 aromatic carbocycles. The number of nitrogens with one attached hydrogen (secondary N) is 1. The van der Waals surface area contributed by atoms with E-state index in [0.717, 1.165) is 11.8 Å². The van der Waals surface area contributed by atoms with E-state index in [2.05, 4.69) is 15.5 Å². The molecule has 2 heterocycles. The molecule has 1 N–H and O–H groups in total. The molecule has 0 atom stereocenters. The van der Waals surface area contributed by atoms with E-state index in [1.165, 1.54) is 6.26 Å². The van der Waals surface area contributed by atoms with E-state index in [1.807, 2.05) is 0 Å². The van der Waals surface area contributed by atoms with Crippen molar-refractivity contribution in [2.45, 2.75) is 30.7 Å². The van der Waals surface area contributed by atoms with Gasteiger partial charge in [0.15, 0.2) is 11.0 Å². The zero-order valence-corrected chi connectivity index (χ0v) is 21.1. The Morgan fingerprint density at radius 1 is 1.00 bits per heavy atom. The molecule has 2 aromatic heterocycles. The van der Waals surface area contributed by atoms with E-state index in [9.17, 15) is 31.1 Å². The van der Waals surface area contributed by atoms with Crippen molar-refractivity contribution in [1.29, 1.82) is 0 Å². The molecule has 7 nitrogen and oxygen atoms in total. The quantitative estimate of drug-likeness (QED) is 0.168. The Hall–Kier alpha value is -3.65. The maximum absolute atomic E-state index is 13.1. The predicted molar refractivity (Wildman–Crippen MR) is 129 cm³/mol. The molecule has 0 aliphatic carbocycles. The molecule has 206 valence electrons. The molecular weight excluding hydrogens is 574 g/mol. The van der Waals surface area contributed by atoms with Gasteiger partial charge < -0.3 is 14.5 Å². The number of carbonyl (C=O) groups is 1. The number of nitrogens with zero attached hydrogens (tertiary/aromatic N) is 3. The fraction of sp³-hybridized carbons (Fsp3) is 0.208. The molecule has 0 unspecified atom stereocenters. The standard InChI is InChI=1S/C24H17ClF6N4O3S/c25-16-3-5-18(6-4-16)38-12-20-33-34-22(35(20)11-19-2-1-7-37-19)39-13-21(36)32-17-9-14(23(26,27)28)8-15(10-17)24(29,30)31/h1-10H,11-13H2,(H,32,36). The van der Waals surface area contributed by atoms with Gasteiger partial charge in [0.2, 0.25) is 5.91 Å². The number of amides is 1. The largest absolute Gasteiger partial charge is 0.486 e. The Kier molecular flexibility index (Phi) is 8.45.